The van der Waals surface area contributed by atoms with Crippen LogP contribution in [0.15, 0.2) is 46.9 Å². The van der Waals surface area contributed by atoms with Gasteiger partial charge in [-0.2, -0.15) is 0 Å². The maximum atomic E-state index is 13.7. The van der Waals surface area contributed by atoms with Gasteiger partial charge in [0.25, 0.3) is 0 Å². The van der Waals surface area contributed by atoms with Crippen molar-refractivity contribution in [1.82, 2.24) is 0 Å². The molecule has 0 aliphatic carbocycles. The van der Waals surface area contributed by atoms with E-state index in [-0.39, 0.29) is 10.6 Å². The predicted molar refractivity (Wildman–Crippen MR) is 77.9 cm³/mol. The van der Waals surface area contributed by atoms with Crippen LogP contribution in [0.5, 0.6) is 5.75 Å². The lowest BCUT2D eigenvalue weighted by molar-refractivity contribution is 0.412. The quantitative estimate of drug-likeness (QED) is 0.681. The molecule has 0 saturated heterocycles. The van der Waals surface area contributed by atoms with Crippen LogP contribution >= 0.6 is 31.9 Å². The predicted octanol–water partition coefficient (Wildman–Crippen LogP) is 5.08. The molecule has 2 aromatic carbocycles. The van der Waals surface area contributed by atoms with Crippen LogP contribution in [-0.2, 0) is 0 Å². The van der Waals surface area contributed by atoms with Crippen molar-refractivity contribution in [3.8, 4) is 5.75 Å². The van der Waals surface area contributed by atoms with Crippen molar-refractivity contribution < 1.29 is 9.13 Å². The van der Waals surface area contributed by atoms with Gasteiger partial charge in [-0.3, -0.25) is 0 Å². The summed E-state index contributed by atoms with van der Waals surface area (Å²) in [5.41, 5.74) is 1.59. The van der Waals surface area contributed by atoms with Gasteiger partial charge in [0.15, 0.2) is 0 Å². The van der Waals surface area contributed by atoms with Gasteiger partial charge in [0.1, 0.15) is 11.6 Å². The summed E-state index contributed by atoms with van der Waals surface area (Å²) in [6, 6.07) is 12.4. The highest BCUT2D eigenvalue weighted by Gasteiger charge is 2.15. The maximum absolute atomic E-state index is 13.7. The molecule has 0 fully saturated rings. The smallest absolute Gasteiger partial charge is 0.133 e. The van der Waals surface area contributed by atoms with Gasteiger partial charge >= 0.3 is 0 Å². The zero-order chi connectivity index (χ0) is 13.1. The number of rotatable bonds is 3. The summed E-state index contributed by atoms with van der Waals surface area (Å²) in [5.74, 6) is 0.540. The molecule has 0 aliphatic heterocycles. The molecule has 0 aromatic heterocycles. The number of benzene rings is 2. The first-order chi connectivity index (χ1) is 8.63. The van der Waals surface area contributed by atoms with E-state index in [2.05, 4.69) is 31.9 Å². The molecule has 1 unspecified atom stereocenters. The van der Waals surface area contributed by atoms with Crippen LogP contribution in [-0.4, -0.2) is 7.11 Å². The lowest BCUT2D eigenvalue weighted by Crippen LogP contribution is -1.97. The molecule has 0 bridgehead atoms. The van der Waals surface area contributed by atoms with Crippen LogP contribution in [0.4, 0.5) is 4.39 Å². The van der Waals surface area contributed by atoms with Gasteiger partial charge < -0.3 is 4.74 Å². The Morgan fingerprint density at radius 1 is 1.17 bits per heavy atom. The fourth-order valence-electron chi connectivity index (χ4n) is 1.70. The Morgan fingerprint density at radius 3 is 2.50 bits per heavy atom. The molecule has 1 nitrogen and oxygen atoms in total. The van der Waals surface area contributed by atoms with Crippen molar-refractivity contribution in [3.63, 3.8) is 0 Å². The van der Waals surface area contributed by atoms with Gasteiger partial charge in [-0.25, -0.2) is 4.39 Å². The number of alkyl halides is 1. The number of halogens is 3. The minimum absolute atomic E-state index is 0.180. The molecule has 0 spiro atoms. The second kappa shape index (κ2) is 5.85. The summed E-state index contributed by atoms with van der Waals surface area (Å²) in [4.78, 5) is -0.180. The normalized spacial score (nSPS) is 12.2. The Balaban J connectivity index is 2.37. The van der Waals surface area contributed by atoms with Crippen molar-refractivity contribution in [2.24, 2.45) is 0 Å². The fraction of sp³-hybridized carbons (Fsp3) is 0.143. The Kier molecular flexibility index (Phi) is 4.40. The minimum Gasteiger partial charge on any atom is -0.496 e. The molecule has 0 N–H and O–H groups in total. The Morgan fingerprint density at radius 2 is 1.89 bits per heavy atom. The lowest BCUT2D eigenvalue weighted by Gasteiger charge is -2.13. The molecule has 0 heterocycles. The van der Waals surface area contributed by atoms with Gasteiger partial charge in [0, 0.05) is 5.56 Å². The number of hydrogen-bond donors (Lipinski definition) is 0. The SMILES string of the molecule is COc1ccc(C(Br)c2ccccc2F)cc1Br. The highest BCUT2D eigenvalue weighted by atomic mass is 79.9. The van der Waals surface area contributed by atoms with Crippen molar-refractivity contribution in [1.29, 1.82) is 0 Å². The summed E-state index contributed by atoms with van der Waals surface area (Å²) in [5, 5.41) is 0. The lowest BCUT2D eigenvalue weighted by atomic mass is 10.0. The molecule has 2 aromatic rings. The van der Waals surface area contributed by atoms with Crippen molar-refractivity contribution in [3.05, 3.63) is 63.9 Å². The van der Waals surface area contributed by atoms with Crippen LogP contribution < -0.4 is 4.74 Å². The van der Waals surface area contributed by atoms with E-state index in [0.29, 0.717) is 5.56 Å². The van der Waals surface area contributed by atoms with E-state index in [1.54, 1.807) is 19.2 Å². The molecule has 4 heteroatoms. The third kappa shape index (κ3) is 2.75. The zero-order valence-corrected chi connectivity index (χ0v) is 12.8. The van der Waals surface area contributed by atoms with Gasteiger partial charge in [0.05, 0.1) is 16.4 Å². The van der Waals surface area contributed by atoms with Crippen LogP contribution in [0, 0.1) is 5.82 Å². The number of ether oxygens (including phenoxy) is 1. The Hall–Kier alpha value is -0.870. The van der Waals surface area contributed by atoms with E-state index in [9.17, 15) is 4.39 Å². The summed E-state index contributed by atoms with van der Waals surface area (Å²) < 4.78 is 19.7. The third-order valence-corrected chi connectivity index (χ3v) is 4.29. The van der Waals surface area contributed by atoms with Crippen LogP contribution in [0.1, 0.15) is 16.0 Å². The van der Waals surface area contributed by atoms with E-state index in [1.807, 2.05) is 24.3 Å². The Labute approximate surface area is 122 Å². The average molecular weight is 374 g/mol. The first-order valence-electron chi connectivity index (χ1n) is 5.35. The molecule has 94 valence electrons. The maximum Gasteiger partial charge on any atom is 0.133 e. The molecular formula is C14H11Br2FO. The van der Waals surface area contributed by atoms with E-state index in [4.69, 9.17) is 4.74 Å². The first-order valence-corrected chi connectivity index (χ1v) is 7.06. The van der Waals surface area contributed by atoms with Gasteiger partial charge in [0.2, 0.25) is 0 Å². The molecule has 0 amide bonds. The largest absolute Gasteiger partial charge is 0.496 e. The molecule has 18 heavy (non-hydrogen) atoms. The molecular weight excluding hydrogens is 363 g/mol. The zero-order valence-electron chi connectivity index (χ0n) is 9.66. The van der Waals surface area contributed by atoms with Crippen LogP contribution in [0.3, 0.4) is 0 Å². The monoisotopic (exact) mass is 372 g/mol. The molecule has 0 radical (unpaired) electrons. The summed E-state index contributed by atoms with van der Waals surface area (Å²) in [6.07, 6.45) is 0. The van der Waals surface area contributed by atoms with E-state index in [0.717, 1.165) is 15.8 Å². The highest BCUT2D eigenvalue weighted by Crippen LogP contribution is 2.36. The van der Waals surface area contributed by atoms with E-state index >= 15 is 0 Å². The summed E-state index contributed by atoms with van der Waals surface area (Å²) in [7, 11) is 1.61. The molecule has 1 atom stereocenters. The average Bonchev–Trinajstić information content (AvgIpc) is 2.38. The minimum atomic E-state index is -0.216. The standard InChI is InChI=1S/C14H11Br2FO/c1-18-13-7-6-9(8-11(13)15)14(16)10-4-2-3-5-12(10)17/h2-8,14H,1H3. The van der Waals surface area contributed by atoms with Gasteiger partial charge in [-0.1, -0.05) is 40.2 Å². The van der Waals surface area contributed by atoms with E-state index < -0.39 is 0 Å². The van der Waals surface area contributed by atoms with Gasteiger partial charge in [-0.15, -0.1) is 0 Å². The van der Waals surface area contributed by atoms with E-state index in [1.165, 1.54) is 6.07 Å². The molecule has 0 aliphatic rings. The first kappa shape index (κ1) is 13.6. The number of hydrogen-bond acceptors (Lipinski definition) is 1. The molecule has 0 saturated carbocycles. The van der Waals surface area contributed by atoms with Crippen LogP contribution in [0.25, 0.3) is 0 Å². The van der Waals surface area contributed by atoms with Gasteiger partial charge in [-0.05, 0) is 39.7 Å². The summed E-state index contributed by atoms with van der Waals surface area (Å²) in [6.45, 7) is 0. The highest BCUT2D eigenvalue weighted by molar-refractivity contribution is 9.10. The number of methoxy groups -OCH3 is 1. The van der Waals surface area contributed by atoms with Crippen molar-refractivity contribution in [2.75, 3.05) is 7.11 Å². The topological polar surface area (TPSA) is 9.23 Å². The fourth-order valence-corrected chi connectivity index (χ4v) is 2.91. The third-order valence-electron chi connectivity index (χ3n) is 2.65. The van der Waals surface area contributed by atoms with Crippen molar-refractivity contribution >= 4 is 31.9 Å². The summed E-state index contributed by atoms with van der Waals surface area (Å²) >= 11 is 6.95. The Bertz CT molecular complexity index is 557. The second-order valence-electron chi connectivity index (χ2n) is 3.78. The molecule has 2 rings (SSSR count). The van der Waals surface area contributed by atoms with Crippen LogP contribution in [0.2, 0.25) is 0 Å². The van der Waals surface area contributed by atoms with Crippen molar-refractivity contribution in [2.45, 2.75) is 4.83 Å². The second-order valence-corrected chi connectivity index (χ2v) is 5.55.